The van der Waals surface area contributed by atoms with Crippen LogP contribution in [-0.2, 0) is 0 Å². The van der Waals surface area contributed by atoms with Gasteiger partial charge in [-0.3, -0.25) is 0 Å². The maximum Gasteiger partial charge on any atom is 0.147 e. The molecule has 0 aliphatic heterocycles. The third-order valence-corrected chi connectivity index (χ3v) is 5.31. The average molecular weight is 397 g/mol. The average Bonchev–Trinajstić information content (AvgIpc) is 2.66. The van der Waals surface area contributed by atoms with Crippen molar-refractivity contribution in [2.24, 2.45) is 0 Å². The first kappa shape index (κ1) is 21.2. The van der Waals surface area contributed by atoms with Crippen LogP contribution in [0.15, 0.2) is 24.3 Å². The van der Waals surface area contributed by atoms with E-state index in [1.807, 2.05) is 24.3 Å². The molecule has 4 heteroatoms. The van der Waals surface area contributed by atoms with Crippen molar-refractivity contribution in [1.82, 2.24) is 0 Å². The summed E-state index contributed by atoms with van der Waals surface area (Å²) in [5.41, 5.74) is 0. The molecule has 0 amide bonds. The number of hydrogen-bond donors (Lipinski definition) is 0. The van der Waals surface area contributed by atoms with Gasteiger partial charge in [0.2, 0.25) is 0 Å². The van der Waals surface area contributed by atoms with Gasteiger partial charge in [0, 0.05) is 10.8 Å². The lowest BCUT2D eigenvalue weighted by Gasteiger charge is -2.17. The van der Waals surface area contributed by atoms with Crippen LogP contribution in [0.3, 0.4) is 0 Å². The molecular formula is C22H30Cl2O2. The Bertz CT molecular complexity index is 627. The number of fused-ring (bicyclic) bond motifs is 1. The normalized spacial score (nSPS) is 11.1. The van der Waals surface area contributed by atoms with E-state index in [-0.39, 0.29) is 0 Å². The highest BCUT2D eigenvalue weighted by atomic mass is 35.5. The van der Waals surface area contributed by atoms with Crippen molar-refractivity contribution in [3.8, 4) is 11.5 Å². The molecule has 0 radical (unpaired) electrons. The number of hydrogen-bond acceptors (Lipinski definition) is 2. The van der Waals surface area contributed by atoms with Crippen LogP contribution in [0.5, 0.6) is 11.5 Å². The molecule has 26 heavy (non-hydrogen) atoms. The lowest BCUT2D eigenvalue weighted by molar-refractivity contribution is 0.302. The predicted molar refractivity (Wildman–Crippen MR) is 113 cm³/mol. The first-order valence-electron chi connectivity index (χ1n) is 9.86. The van der Waals surface area contributed by atoms with Crippen molar-refractivity contribution in [3.63, 3.8) is 0 Å². The number of benzene rings is 2. The van der Waals surface area contributed by atoms with E-state index >= 15 is 0 Å². The molecule has 0 unspecified atom stereocenters. The van der Waals surface area contributed by atoms with Crippen LogP contribution < -0.4 is 9.47 Å². The zero-order valence-corrected chi connectivity index (χ0v) is 17.5. The second-order valence-corrected chi connectivity index (χ2v) is 7.41. The maximum atomic E-state index is 6.54. The molecule has 0 N–H and O–H groups in total. The van der Waals surface area contributed by atoms with Crippen molar-refractivity contribution in [2.45, 2.75) is 65.2 Å². The Balaban J connectivity index is 2.18. The molecule has 0 aliphatic carbocycles. The highest BCUT2D eigenvalue weighted by Gasteiger charge is 2.19. The summed E-state index contributed by atoms with van der Waals surface area (Å²) in [7, 11) is 0. The summed E-state index contributed by atoms with van der Waals surface area (Å²) in [6.07, 6.45) is 9.24. The van der Waals surface area contributed by atoms with Gasteiger partial charge in [0.05, 0.1) is 13.2 Å². The Labute approximate surface area is 167 Å². The largest absolute Gasteiger partial charge is 0.491 e. The zero-order valence-electron chi connectivity index (χ0n) is 16.0. The summed E-state index contributed by atoms with van der Waals surface area (Å²) in [4.78, 5) is 0. The first-order valence-corrected chi connectivity index (χ1v) is 10.6. The summed E-state index contributed by atoms with van der Waals surface area (Å²) in [6.45, 7) is 5.70. The third kappa shape index (κ3) is 5.69. The molecule has 144 valence electrons. The van der Waals surface area contributed by atoms with Crippen molar-refractivity contribution < 1.29 is 9.47 Å². The summed E-state index contributed by atoms with van der Waals surface area (Å²) in [6, 6.07) is 8.01. The molecule has 0 atom stereocenters. The van der Waals surface area contributed by atoms with Crippen LogP contribution in [0.4, 0.5) is 0 Å². The predicted octanol–water partition coefficient (Wildman–Crippen LogP) is 8.06. The highest BCUT2D eigenvalue weighted by molar-refractivity contribution is 6.45. The molecule has 0 aromatic heterocycles. The highest BCUT2D eigenvalue weighted by Crippen LogP contribution is 2.46. The van der Waals surface area contributed by atoms with Gasteiger partial charge in [0.25, 0.3) is 0 Å². The molecular weight excluding hydrogens is 367 g/mol. The van der Waals surface area contributed by atoms with Gasteiger partial charge in [-0.25, -0.2) is 0 Å². The SMILES string of the molecule is CCCCCCOc1c(Cl)c(Cl)c(OCCCCCC)c2ccccc12. The fourth-order valence-electron chi connectivity index (χ4n) is 3.00. The molecule has 2 aromatic carbocycles. The Morgan fingerprint density at radius 1 is 0.654 bits per heavy atom. The van der Waals surface area contributed by atoms with E-state index in [0.717, 1.165) is 23.6 Å². The van der Waals surface area contributed by atoms with Gasteiger partial charge < -0.3 is 9.47 Å². The monoisotopic (exact) mass is 396 g/mol. The van der Waals surface area contributed by atoms with Gasteiger partial charge in [-0.15, -0.1) is 0 Å². The summed E-state index contributed by atoms with van der Waals surface area (Å²) < 4.78 is 12.0. The minimum absolute atomic E-state index is 0.449. The van der Waals surface area contributed by atoms with E-state index in [9.17, 15) is 0 Å². The first-order chi connectivity index (χ1) is 12.7. The van der Waals surface area contributed by atoms with Crippen molar-refractivity contribution in [3.05, 3.63) is 34.3 Å². The van der Waals surface area contributed by atoms with E-state index in [4.69, 9.17) is 32.7 Å². The minimum Gasteiger partial charge on any atom is -0.491 e. The zero-order chi connectivity index (χ0) is 18.8. The van der Waals surface area contributed by atoms with E-state index in [1.165, 1.54) is 38.5 Å². The minimum atomic E-state index is 0.449. The van der Waals surface area contributed by atoms with Gasteiger partial charge in [-0.05, 0) is 12.8 Å². The number of halogens is 2. The van der Waals surface area contributed by atoms with E-state index in [0.29, 0.717) is 34.8 Å². The van der Waals surface area contributed by atoms with Gasteiger partial charge in [-0.2, -0.15) is 0 Å². The molecule has 0 fully saturated rings. The molecule has 2 nitrogen and oxygen atoms in total. The lowest BCUT2D eigenvalue weighted by Crippen LogP contribution is -2.02. The third-order valence-electron chi connectivity index (χ3n) is 4.50. The van der Waals surface area contributed by atoms with Crippen LogP contribution in [0.2, 0.25) is 10.0 Å². The second-order valence-electron chi connectivity index (χ2n) is 6.65. The molecule has 0 heterocycles. The van der Waals surface area contributed by atoms with Gasteiger partial charge >= 0.3 is 0 Å². The Morgan fingerprint density at radius 2 is 1.08 bits per heavy atom. The van der Waals surface area contributed by atoms with Crippen molar-refractivity contribution in [1.29, 1.82) is 0 Å². The van der Waals surface area contributed by atoms with Crippen LogP contribution in [0.25, 0.3) is 10.8 Å². The smallest absolute Gasteiger partial charge is 0.147 e. The Hall–Kier alpha value is -1.12. The van der Waals surface area contributed by atoms with Crippen LogP contribution in [-0.4, -0.2) is 13.2 Å². The molecule has 0 saturated heterocycles. The summed E-state index contributed by atoms with van der Waals surface area (Å²) in [5.74, 6) is 1.34. The van der Waals surface area contributed by atoms with E-state index < -0.39 is 0 Å². The number of rotatable bonds is 12. The van der Waals surface area contributed by atoms with Crippen molar-refractivity contribution in [2.75, 3.05) is 13.2 Å². The molecule has 0 saturated carbocycles. The molecule has 0 aliphatic rings. The molecule has 2 aromatic rings. The fourth-order valence-corrected chi connectivity index (χ4v) is 3.49. The maximum absolute atomic E-state index is 6.54. The number of ether oxygens (including phenoxy) is 2. The summed E-state index contributed by atoms with van der Waals surface area (Å²) >= 11 is 13.1. The molecule has 0 bridgehead atoms. The van der Waals surface area contributed by atoms with Gasteiger partial charge in [-0.1, -0.05) is 99.8 Å². The van der Waals surface area contributed by atoms with E-state index in [1.54, 1.807) is 0 Å². The van der Waals surface area contributed by atoms with Gasteiger partial charge in [0.1, 0.15) is 21.5 Å². The summed E-state index contributed by atoms with van der Waals surface area (Å²) in [5, 5.41) is 2.82. The van der Waals surface area contributed by atoms with E-state index in [2.05, 4.69) is 13.8 Å². The van der Waals surface area contributed by atoms with Crippen LogP contribution in [0.1, 0.15) is 65.2 Å². The van der Waals surface area contributed by atoms with Crippen LogP contribution in [0, 0.1) is 0 Å². The molecule has 2 rings (SSSR count). The Morgan fingerprint density at radius 3 is 1.46 bits per heavy atom. The van der Waals surface area contributed by atoms with Crippen molar-refractivity contribution >= 4 is 34.0 Å². The number of unbranched alkanes of at least 4 members (excludes halogenated alkanes) is 6. The Kier molecular flexibility index (Phi) is 9.42. The van der Waals surface area contributed by atoms with Gasteiger partial charge in [0.15, 0.2) is 0 Å². The van der Waals surface area contributed by atoms with Crippen LogP contribution >= 0.6 is 23.2 Å². The quantitative estimate of drug-likeness (QED) is 0.337. The fraction of sp³-hybridized carbons (Fsp3) is 0.545. The lowest BCUT2D eigenvalue weighted by atomic mass is 10.1. The second kappa shape index (κ2) is 11.6. The molecule has 0 spiro atoms. The standard InChI is InChI=1S/C22H30Cl2O2/c1-3-5-7-11-15-25-21-17-13-9-10-14-18(17)22(20(24)19(21)23)26-16-12-8-6-4-2/h9-10,13-14H,3-8,11-12,15-16H2,1-2H3. The topological polar surface area (TPSA) is 18.5 Å².